The number of carbonyl (C=O) groups is 2. The molecule has 3 atom stereocenters. The van der Waals surface area contributed by atoms with Gasteiger partial charge in [-0.25, -0.2) is 8.78 Å². The summed E-state index contributed by atoms with van der Waals surface area (Å²) < 4.78 is 37.8. The zero-order chi connectivity index (χ0) is 16.9. The van der Waals surface area contributed by atoms with Gasteiger partial charge in [-0.15, -0.1) is 0 Å². The molecule has 2 fully saturated rings. The fraction of sp³-hybridized carbons (Fsp3) is 0.429. The Bertz CT molecular complexity index is 698. The third-order valence-electron chi connectivity index (χ3n) is 3.56. The number of anilines is 1. The van der Waals surface area contributed by atoms with Crippen LogP contribution in [0.1, 0.15) is 13.8 Å². The molecular formula is C14H13ClF2N2O4. The predicted molar refractivity (Wildman–Crippen MR) is 75.8 cm³/mol. The Balaban J connectivity index is 1.79. The van der Waals surface area contributed by atoms with Crippen molar-refractivity contribution >= 4 is 29.1 Å². The maximum Gasteiger partial charge on any atom is 0.252 e. The topological polar surface area (TPSA) is 76.7 Å². The molecule has 0 aromatic heterocycles. The van der Waals surface area contributed by atoms with Crippen molar-refractivity contribution in [3.63, 3.8) is 0 Å². The molecule has 6 nitrogen and oxygen atoms in total. The molecule has 3 rings (SSSR count). The Morgan fingerprint density at radius 1 is 1.30 bits per heavy atom. The number of hydrogen-bond acceptors (Lipinski definition) is 4. The first-order valence-electron chi connectivity index (χ1n) is 6.79. The summed E-state index contributed by atoms with van der Waals surface area (Å²) in [5.41, 5.74) is -0.294. The predicted octanol–water partition coefficient (Wildman–Crippen LogP) is 1.58. The van der Waals surface area contributed by atoms with Crippen molar-refractivity contribution in [3.05, 3.63) is 28.8 Å². The van der Waals surface area contributed by atoms with E-state index in [-0.39, 0.29) is 10.7 Å². The van der Waals surface area contributed by atoms with Gasteiger partial charge in [-0.3, -0.25) is 9.59 Å². The molecule has 2 aliphatic rings. The standard InChI is InChI=1S/C14H13ClF2N2O4/c1-14(2)22-10-9(19-13(21)11(10)23-14)12(20)18-8-3-5(15)6(16)4-7(8)17/h3-4,9-11H,1-2H3,(H,18,20)(H,19,21)/t9?,10?,11-/m0/s1. The van der Waals surface area contributed by atoms with Gasteiger partial charge in [-0.05, 0) is 19.9 Å². The maximum absolute atomic E-state index is 13.7. The number of ether oxygens (including phenoxy) is 2. The van der Waals surface area contributed by atoms with Gasteiger partial charge in [0, 0.05) is 6.07 Å². The fourth-order valence-corrected chi connectivity index (χ4v) is 2.76. The van der Waals surface area contributed by atoms with Crippen LogP contribution in [0.15, 0.2) is 12.1 Å². The van der Waals surface area contributed by atoms with Crippen molar-refractivity contribution < 1.29 is 27.8 Å². The molecule has 0 bridgehead atoms. The van der Waals surface area contributed by atoms with Crippen molar-refractivity contribution in [3.8, 4) is 0 Å². The van der Waals surface area contributed by atoms with Crippen LogP contribution in [0, 0.1) is 11.6 Å². The molecule has 0 spiro atoms. The summed E-state index contributed by atoms with van der Waals surface area (Å²) in [6.07, 6.45) is -1.75. The van der Waals surface area contributed by atoms with Gasteiger partial charge in [0.2, 0.25) is 5.91 Å². The molecule has 0 aliphatic carbocycles. The summed E-state index contributed by atoms with van der Waals surface area (Å²) >= 11 is 5.57. The normalized spacial score (nSPS) is 28.4. The lowest BCUT2D eigenvalue weighted by atomic mass is 10.1. The lowest BCUT2D eigenvalue weighted by Gasteiger charge is -2.21. The lowest BCUT2D eigenvalue weighted by Crippen LogP contribution is -2.45. The van der Waals surface area contributed by atoms with Crippen molar-refractivity contribution in [2.75, 3.05) is 5.32 Å². The van der Waals surface area contributed by atoms with E-state index < -0.39 is 47.5 Å². The van der Waals surface area contributed by atoms with Crippen LogP contribution in [0.5, 0.6) is 0 Å². The van der Waals surface area contributed by atoms with Crippen LogP contribution in [0.2, 0.25) is 5.02 Å². The average molecular weight is 347 g/mol. The van der Waals surface area contributed by atoms with Crippen LogP contribution in [0.3, 0.4) is 0 Å². The number of amides is 2. The van der Waals surface area contributed by atoms with Crippen molar-refractivity contribution in [1.29, 1.82) is 0 Å². The zero-order valence-electron chi connectivity index (χ0n) is 12.2. The molecule has 2 unspecified atom stereocenters. The van der Waals surface area contributed by atoms with Gasteiger partial charge < -0.3 is 20.1 Å². The summed E-state index contributed by atoms with van der Waals surface area (Å²) in [7, 11) is 0. The highest BCUT2D eigenvalue weighted by Gasteiger charge is 2.56. The third-order valence-corrected chi connectivity index (χ3v) is 3.85. The summed E-state index contributed by atoms with van der Waals surface area (Å²) in [5.74, 6) is -4.13. The number of rotatable bonds is 2. The monoisotopic (exact) mass is 346 g/mol. The van der Waals surface area contributed by atoms with Crippen LogP contribution < -0.4 is 10.6 Å². The number of halogens is 3. The van der Waals surface area contributed by atoms with Crippen LogP contribution in [-0.2, 0) is 19.1 Å². The molecule has 0 radical (unpaired) electrons. The van der Waals surface area contributed by atoms with Gasteiger partial charge in [0.05, 0.1) is 10.7 Å². The number of benzene rings is 1. The summed E-state index contributed by atoms with van der Waals surface area (Å²) in [4.78, 5) is 24.1. The molecule has 0 saturated carbocycles. The van der Waals surface area contributed by atoms with Crippen LogP contribution in [0.25, 0.3) is 0 Å². The van der Waals surface area contributed by atoms with Gasteiger partial charge in [-0.2, -0.15) is 0 Å². The summed E-state index contributed by atoms with van der Waals surface area (Å²) in [6.45, 7) is 3.24. The van der Waals surface area contributed by atoms with E-state index in [2.05, 4.69) is 10.6 Å². The molecule has 23 heavy (non-hydrogen) atoms. The molecule has 2 aliphatic heterocycles. The molecule has 124 valence electrons. The van der Waals surface area contributed by atoms with Crippen LogP contribution in [0.4, 0.5) is 14.5 Å². The van der Waals surface area contributed by atoms with Gasteiger partial charge in [-0.1, -0.05) is 11.6 Å². The molecule has 2 heterocycles. The van der Waals surface area contributed by atoms with E-state index in [9.17, 15) is 18.4 Å². The van der Waals surface area contributed by atoms with E-state index in [0.29, 0.717) is 6.07 Å². The highest BCUT2D eigenvalue weighted by molar-refractivity contribution is 6.31. The Morgan fingerprint density at radius 2 is 2.00 bits per heavy atom. The molecule has 2 amide bonds. The van der Waals surface area contributed by atoms with Crippen molar-refractivity contribution in [2.45, 2.75) is 37.9 Å². The Morgan fingerprint density at radius 3 is 2.70 bits per heavy atom. The minimum atomic E-state index is -1.06. The Hall–Kier alpha value is -1.77. The highest BCUT2D eigenvalue weighted by atomic mass is 35.5. The lowest BCUT2D eigenvalue weighted by molar-refractivity contribution is -0.163. The molecular weight excluding hydrogens is 334 g/mol. The van der Waals surface area contributed by atoms with E-state index in [1.807, 2.05) is 0 Å². The van der Waals surface area contributed by atoms with E-state index >= 15 is 0 Å². The number of nitrogens with one attached hydrogen (secondary N) is 2. The summed E-state index contributed by atoms with van der Waals surface area (Å²) in [5, 5.41) is 4.36. The summed E-state index contributed by atoms with van der Waals surface area (Å²) in [6, 6.07) is 0.457. The molecule has 2 saturated heterocycles. The molecule has 1 aromatic rings. The average Bonchev–Trinajstić information content (AvgIpc) is 2.91. The van der Waals surface area contributed by atoms with Gasteiger partial charge in [0.25, 0.3) is 5.91 Å². The molecule has 1 aromatic carbocycles. The van der Waals surface area contributed by atoms with Gasteiger partial charge in [0.15, 0.2) is 11.9 Å². The minimum absolute atomic E-state index is 0.294. The Kier molecular flexibility index (Phi) is 3.78. The van der Waals surface area contributed by atoms with Crippen molar-refractivity contribution in [1.82, 2.24) is 5.32 Å². The SMILES string of the molecule is CC1(C)OC2C(C(=O)Nc3cc(Cl)c(F)cc3F)NC(=O)[C@H]2O1. The quantitative estimate of drug-likeness (QED) is 0.797. The smallest absolute Gasteiger partial charge is 0.252 e. The number of hydrogen-bond donors (Lipinski definition) is 2. The first-order valence-corrected chi connectivity index (χ1v) is 7.17. The minimum Gasteiger partial charge on any atom is -0.341 e. The molecule has 9 heteroatoms. The number of carbonyl (C=O) groups excluding carboxylic acids is 2. The third kappa shape index (κ3) is 2.89. The van der Waals surface area contributed by atoms with Crippen LogP contribution in [-0.4, -0.2) is 35.9 Å². The molecule has 2 N–H and O–H groups in total. The van der Waals surface area contributed by atoms with E-state index in [1.54, 1.807) is 13.8 Å². The second-order valence-electron chi connectivity index (χ2n) is 5.74. The maximum atomic E-state index is 13.7. The van der Waals surface area contributed by atoms with E-state index in [0.717, 1.165) is 6.07 Å². The van der Waals surface area contributed by atoms with Gasteiger partial charge in [0.1, 0.15) is 23.8 Å². The second-order valence-corrected chi connectivity index (χ2v) is 6.15. The first-order chi connectivity index (χ1) is 10.7. The Labute approximate surface area is 135 Å². The van der Waals surface area contributed by atoms with E-state index in [1.165, 1.54) is 0 Å². The van der Waals surface area contributed by atoms with Crippen molar-refractivity contribution in [2.24, 2.45) is 0 Å². The second kappa shape index (κ2) is 5.40. The number of fused-ring (bicyclic) bond motifs is 1. The van der Waals surface area contributed by atoms with Gasteiger partial charge >= 0.3 is 0 Å². The zero-order valence-corrected chi connectivity index (χ0v) is 12.9. The highest BCUT2D eigenvalue weighted by Crippen LogP contribution is 2.34. The largest absolute Gasteiger partial charge is 0.341 e. The van der Waals surface area contributed by atoms with E-state index in [4.69, 9.17) is 21.1 Å². The first kappa shape index (κ1) is 16.1. The fourth-order valence-electron chi connectivity index (χ4n) is 2.60. The van der Waals surface area contributed by atoms with Crippen LogP contribution >= 0.6 is 11.6 Å².